The Morgan fingerprint density at radius 1 is 1.56 bits per heavy atom. The number of hydrogen-bond donors (Lipinski definition) is 1. The SMILES string of the molecule is CSCCNC1CCSc2ccc(Br)cc21. The predicted octanol–water partition coefficient (Wildman–Crippen LogP) is 3.94. The van der Waals surface area contributed by atoms with Crippen LogP contribution in [0.5, 0.6) is 0 Å². The van der Waals surface area contributed by atoms with Crippen LogP contribution in [0.1, 0.15) is 18.0 Å². The molecule has 0 radical (unpaired) electrons. The number of hydrogen-bond acceptors (Lipinski definition) is 3. The van der Waals surface area contributed by atoms with Gasteiger partial charge in [0.15, 0.2) is 0 Å². The molecule has 1 heterocycles. The normalized spacial score (nSPS) is 19.5. The smallest absolute Gasteiger partial charge is 0.0340 e. The quantitative estimate of drug-likeness (QED) is 0.845. The van der Waals surface area contributed by atoms with E-state index in [9.17, 15) is 0 Å². The van der Waals surface area contributed by atoms with Crippen LogP contribution in [0.4, 0.5) is 0 Å². The van der Waals surface area contributed by atoms with Gasteiger partial charge >= 0.3 is 0 Å². The predicted molar refractivity (Wildman–Crippen MR) is 78.6 cm³/mol. The summed E-state index contributed by atoms with van der Waals surface area (Å²) >= 11 is 7.43. The monoisotopic (exact) mass is 317 g/mol. The fourth-order valence-corrected chi connectivity index (χ4v) is 3.72. The van der Waals surface area contributed by atoms with Crippen molar-refractivity contribution < 1.29 is 0 Å². The van der Waals surface area contributed by atoms with Crippen molar-refractivity contribution in [2.45, 2.75) is 17.4 Å². The first kappa shape index (κ1) is 12.8. The molecule has 0 bridgehead atoms. The molecular formula is C12H16BrNS2. The van der Waals surface area contributed by atoms with Crippen LogP contribution < -0.4 is 5.32 Å². The van der Waals surface area contributed by atoms with Crippen LogP contribution in [-0.4, -0.2) is 24.3 Å². The minimum Gasteiger partial charge on any atom is -0.309 e. The summed E-state index contributed by atoms with van der Waals surface area (Å²) in [6.07, 6.45) is 3.39. The maximum Gasteiger partial charge on any atom is 0.0340 e. The van der Waals surface area contributed by atoms with Gasteiger partial charge in [0.25, 0.3) is 0 Å². The lowest BCUT2D eigenvalue weighted by Crippen LogP contribution is -2.26. The van der Waals surface area contributed by atoms with Gasteiger partial charge in [0.2, 0.25) is 0 Å². The van der Waals surface area contributed by atoms with Crippen molar-refractivity contribution in [1.82, 2.24) is 5.32 Å². The number of rotatable bonds is 4. The van der Waals surface area contributed by atoms with Gasteiger partial charge in [-0.05, 0) is 42.2 Å². The van der Waals surface area contributed by atoms with Gasteiger partial charge in [-0.25, -0.2) is 0 Å². The Morgan fingerprint density at radius 3 is 3.25 bits per heavy atom. The molecule has 1 aliphatic rings. The third-order valence-electron chi connectivity index (χ3n) is 2.71. The summed E-state index contributed by atoms with van der Waals surface area (Å²) in [6, 6.07) is 7.17. The van der Waals surface area contributed by atoms with Crippen LogP contribution >= 0.6 is 39.5 Å². The summed E-state index contributed by atoms with van der Waals surface area (Å²) in [5.41, 5.74) is 1.46. The molecule has 2 rings (SSSR count). The minimum atomic E-state index is 0.542. The molecule has 0 saturated carbocycles. The second kappa shape index (κ2) is 6.34. The Balaban J connectivity index is 2.09. The number of halogens is 1. The Kier molecular flexibility index (Phi) is 5.07. The summed E-state index contributed by atoms with van der Waals surface area (Å²) in [6.45, 7) is 1.10. The fourth-order valence-electron chi connectivity index (χ4n) is 1.91. The molecule has 4 heteroatoms. The first-order valence-electron chi connectivity index (χ1n) is 5.46. The Hall–Kier alpha value is 0.360. The zero-order valence-electron chi connectivity index (χ0n) is 9.33. The third kappa shape index (κ3) is 3.19. The molecule has 1 N–H and O–H groups in total. The van der Waals surface area contributed by atoms with Crippen molar-refractivity contribution in [2.24, 2.45) is 0 Å². The highest BCUT2D eigenvalue weighted by Gasteiger charge is 2.19. The van der Waals surface area contributed by atoms with E-state index >= 15 is 0 Å². The zero-order valence-corrected chi connectivity index (χ0v) is 12.6. The number of nitrogens with one attached hydrogen (secondary N) is 1. The van der Waals surface area contributed by atoms with E-state index in [4.69, 9.17) is 0 Å². The van der Waals surface area contributed by atoms with E-state index in [-0.39, 0.29) is 0 Å². The van der Waals surface area contributed by atoms with Crippen molar-refractivity contribution in [3.8, 4) is 0 Å². The van der Waals surface area contributed by atoms with E-state index < -0.39 is 0 Å². The second-order valence-corrected chi connectivity index (χ2v) is 6.86. The molecule has 0 saturated heterocycles. The number of fused-ring (bicyclic) bond motifs is 1. The van der Waals surface area contributed by atoms with E-state index in [2.05, 4.69) is 45.7 Å². The minimum absolute atomic E-state index is 0.542. The Labute approximate surface area is 114 Å². The summed E-state index contributed by atoms with van der Waals surface area (Å²) < 4.78 is 1.19. The molecule has 0 spiro atoms. The van der Waals surface area contributed by atoms with E-state index in [1.54, 1.807) is 0 Å². The molecule has 0 aromatic heterocycles. The van der Waals surface area contributed by atoms with Gasteiger partial charge in [0.05, 0.1) is 0 Å². The molecule has 1 unspecified atom stereocenters. The highest BCUT2D eigenvalue weighted by atomic mass is 79.9. The van der Waals surface area contributed by atoms with Gasteiger partial charge in [-0.2, -0.15) is 11.8 Å². The first-order valence-corrected chi connectivity index (χ1v) is 8.63. The van der Waals surface area contributed by atoms with Crippen molar-refractivity contribution in [1.29, 1.82) is 0 Å². The van der Waals surface area contributed by atoms with Gasteiger partial charge < -0.3 is 5.32 Å². The lowest BCUT2D eigenvalue weighted by molar-refractivity contribution is 0.529. The molecule has 88 valence electrons. The lowest BCUT2D eigenvalue weighted by Gasteiger charge is -2.26. The van der Waals surface area contributed by atoms with Crippen LogP contribution in [0.15, 0.2) is 27.6 Å². The van der Waals surface area contributed by atoms with Crippen LogP contribution in [0.3, 0.4) is 0 Å². The number of benzene rings is 1. The molecule has 0 fully saturated rings. The molecule has 1 aliphatic heterocycles. The largest absolute Gasteiger partial charge is 0.309 e. The lowest BCUT2D eigenvalue weighted by atomic mass is 10.0. The molecule has 0 aliphatic carbocycles. The van der Waals surface area contributed by atoms with Gasteiger partial charge in [-0.3, -0.25) is 0 Å². The average Bonchev–Trinajstić information content (AvgIpc) is 2.30. The van der Waals surface area contributed by atoms with Crippen LogP contribution in [0, 0.1) is 0 Å². The fraction of sp³-hybridized carbons (Fsp3) is 0.500. The van der Waals surface area contributed by atoms with Gasteiger partial charge in [-0.15, -0.1) is 11.8 Å². The Bertz CT molecular complexity index is 357. The van der Waals surface area contributed by atoms with Crippen molar-refractivity contribution in [3.63, 3.8) is 0 Å². The molecule has 1 aromatic rings. The molecule has 1 atom stereocenters. The highest BCUT2D eigenvalue weighted by molar-refractivity contribution is 9.10. The summed E-state index contributed by atoms with van der Waals surface area (Å²) in [5.74, 6) is 2.42. The average molecular weight is 318 g/mol. The zero-order chi connectivity index (χ0) is 11.4. The number of thioether (sulfide) groups is 2. The van der Waals surface area contributed by atoms with E-state index in [0.29, 0.717) is 6.04 Å². The summed E-state index contributed by atoms with van der Waals surface area (Å²) in [4.78, 5) is 1.44. The van der Waals surface area contributed by atoms with E-state index in [0.717, 1.165) is 6.54 Å². The molecule has 1 nitrogen and oxygen atoms in total. The molecular weight excluding hydrogens is 302 g/mol. The second-order valence-electron chi connectivity index (χ2n) is 3.82. The van der Waals surface area contributed by atoms with Crippen molar-refractivity contribution >= 4 is 39.5 Å². The van der Waals surface area contributed by atoms with E-state index in [1.807, 2.05) is 23.5 Å². The third-order valence-corrected chi connectivity index (χ3v) is 4.94. The molecule has 0 amide bonds. The molecule has 16 heavy (non-hydrogen) atoms. The van der Waals surface area contributed by atoms with Gasteiger partial charge in [0.1, 0.15) is 0 Å². The van der Waals surface area contributed by atoms with E-state index in [1.165, 1.54) is 32.9 Å². The van der Waals surface area contributed by atoms with Crippen LogP contribution in [0.2, 0.25) is 0 Å². The highest BCUT2D eigenvalue weighted by Crippen LogP contribution is 2.37. The topological polar surface area (TPSA) is 12.0 Å². The first-order chi connectivity index (χ1) is 7.81. The van der Waals surface area contributed by atoms with Gasteiger partial charge in [0, 0.05) is 27.7 Å². The Morgan fingerprint density at radius 2 is 2.44 bits per heavy atom. The van der Waals surface area contributed by atoms with Crippen LogP contribution in [-0.2, 0) is 0 Å². The maximum absolute atomic E-state index is 3.65. The van der Waals surface area contributed by atoms with Crippen LogP contribution in [0.25, 0.3) is 0 Å². The van der Waals surface area contributed by atoms with Gasteiger partial charge in [-0.1, -0.05) is 15.9 Å². The maximum atomic E-state index is 3.65. The summed E-state index contributed by atoms with van der Waals surface area (Å²) in [5, 5.41) is 3.65. The van der Waals surface area contributed by atoms with Crippen molar-refractivity contribution in [2.75, 3.05) is 24.3 Å². The summed E-state index contributed by atoms with van der Waals surface area (Å²) in [7, 11) is 0. The molecule has 1 aromatic carbocycles. The van der Waals surface area contributed by atoms with Crippen molar-refractivity contribution in [3.05, 3.63) is 28.2 Å². The standard InChI is InChI=1S/C12H16BrNS2/c1-15-7-5-14-11-4-6-16-12-3-2-9(13)8-10(11)12/h2-3,8,11,14H,4-7H2,1H3.